The maximum absolute atomic E-state index is 13.3. The molecule has 0 aliphatic heterocycles. The summed E-state index contributed by atoms with van der Waals surface area (Å²) in [5, 5.41) is -0.351. The van der Waals surface area contributed by atoms with Crippen molar-refractivity contribution in [3.05, 3.63) is 29.6 Å². The second-order valence-electron chi connectivity index (χ2n) is 5.83. The van der Waals surface area contributed by atoms with Crippen molar-refractivity contribution >= 4 is 9.84 Å². The molecule has 0 spiro atoms. The molecule has 0 aromatic heterocycles. The van der Waals surface area contributed by atoms with E-state index in [1.807, 2.05) is 0 Å². The van der Waals surface area contributed by atoms with Crippen LogP contribution in [0.2, 0.25) is 0 Å². The first-order chi connectivity index (χ1) is 9.77. The predicted octanol–water partition coefficient (Wildman–Crippen LogP) is 2.58. The summed E-state index contributed by atoms with van der Waals surface area (Å²) in [6.45, 7) is 1.77. The van der Waals surface area contributed by atoms with Crippen LogP contribution >= 0.6 is 0 Å². The number of benzene rings is 1. The minimum Gasteiger partial charge on any atom is -0.490 e. The van der Waals surface area contributed by atoms with Crippen LogP contribution in [0.25, 0.3) is 0 Å². The molecule has 0 amide bonds. The molecule has 2 rings (SSSR count). The minimum absolute atomic E-state index is 0.165. The van der Waals surface area contributed by atoms with Crippen LogP contribution in [-0.4, -0.2) is 26.0 Å². The van der Waals surface area contributed by atoms with Crippen molar-refractivity contribution in [2.75, 3.05) is 6.26 Å². The Hall–Kier alpha value is -1.14. The summed E-state index contributed by atoms with van der Waals surface area (Å²) >= 11 is 0. The highest BCUT2D eigenvalue weighted by atomic mass is 32.2. The number of nitrogens with two attached hydrogens (primary N) is 1. The van der Waals surface area contributed by atoms with Gasteiger partial charge in [0.05, 0.1) is 11.4 Å². The number of hydrogen-bond acceptors (Lipinski definition) is 4. The van der Waals surface area contributed by atoms with Crippen LogP contribution in [0.1, 0.15) is 44.2 Å². The average molecular weight is 315 g/mol. The molecule has 1 fully saturated rings. The summed E-state index contributed by atoms with van der Waals surface area (Å²) in [7, 11) is -3.05. The van der Waals surface area contributed by atoms with E-state index in [2.05, 4.69) is 0 Å². The third kappa shape index (κ3) is 4.17. The highest BCUT2D eigenvalue weighted by Crippen LogP contribution is 2.31. The van der Waals surface area contributed by atoms with E-state index in [4.69, 9.17) is 10.5 Å². The Morgan fingerprint density at radius 2 is 2.10 bits per heavy atom. The molecule has 1 aliphatic rings. The zero-order valence-corrected chi connectivity index (χ0v) is 13.2. The maximum Gasteiger partial charge on any atom is 0.150 e. The Balaban J connectivity index is 2.15. The first-order valence-corrected chi connectivity index (χ1v) is 9.13. The van der Waals surface area contributed by atoms with Gasteiger partial charge in [0.2, 0.25) is 0 Å². The zero-order valence-electron chi connectivity index (χ0n) is 12.4. The lowest BCUT2D eigenvalue weighted by Crippen LogP contribution is -2.33. The van der Waals surface area contributed by atoms with Crippen LogP contribution in [0.3, 0.4) is 0 Å². The quantitative estimate of drug-likeness (QED) is 0.927. The SMILES string of the molecule is C[C@@H](N)c1cc(F)ccc1OC1CCCC(S(C)(=O)=O)C1. The molecule has 2 unspecified atom stereocenters. The smallest absolute Gasteiger partial charge is 0.150 e. The van der Waals surface area contributed by atoms with Crippen molar-refractivity contribution in [1.82, 2.24) is 0 Å². The average Bonchev–Trinajstić information content (AvgIpc) is 2.40. The largest absolute Gasteiger partial charge is 0.490 e. The van der Waals surface area contributed by atoms with E-state index >= 15 is 0 Å². The molecule has 0 bridgehead atoms. The van der Waals surface area contributed by atoms with Gasteiger partial charge in [0, 0.05) is 24.3 Å². The monoisotopic (exact) mass is 315 g/mol. The lowest BCUT2D eigenvalue weighted by molar-refractivity contribution is 0.154. The van der Waals surface area contributed by atoms with Gasteiger partial charge in [0.25, 0.3) is 0 Å². The fraction of sp³-hybridized carbons (Fsp3) is 0.600. The standard InChI is InChI=1S/C15H22FNO3S/c1-10(17)14-8-11(16)6-7-15(14)20-12-4-3-5-13(9-12)21(2,18)19/h6-8,10,12-13H,3-5,9,17H2,1-2H3/t10-,12?,13?/m1/s1. The Labute approximate surface area is 125 Å². The molecule has 21 heavy (non-hydrogen) atoms. The summed E-state index contributed by atoms with van der Waals surface area (Å²) < 4.78 is 42.6. The summed E-state index contributed by atoms with van der Waals surface area (Å²) in [6.07, 6.45) is 3.89. The van der Waals surface area contributed by atoms with Gasteiger partial charge in [-0.1, -0.05) is 0 Å². The number of ether oxygens (including phenoxy) is 1. The van der Waals surface area contributed by atoms with Crippen molar-refractivity contribution in [2.45, 2.75) is 50.0 Å². The molecule has 1 saturated carbocycles. The van der Waals surface area contributed by atoms with Crippen molar-refractivity contribution in [3.63, 3.8) is 0 Å². The molecule has 118 valence electrons. The van der Waals surface area contributed by atoms with Crippen LogP contribution in [0, 0.1) is 5.82 Å². The van der Waals surface area contributed by atoms with Gasteiger partial charge in [-0.15, -0.1) is 0 Å². The van der Waals surface area contributed by atoms with Crippen LogP contribution in [0.15, 0.2) is 18.2 Å². The van der Waals surface area contributed by atoms with Gasteiger partial charge in [-0.05, 0) is 44.4 Å². The molecule has 3 atom stereocenters. The first-order valence-electron chi connectivity index (χ1n) is 7.18. The Bertz CT molecular complexity index is 601. The summed E-state index contributed by atoms with van der Waals surface area (Å²) in [5.41, 5.74) is 6.45. The number of sulfone groups is 1. The van der Waals surface area contributed by atoms with Crippen LogP contribution < -0.4 is 10.5 Å². The van der Waals surface area contributed by atoms with Gasteiger partial charge in [-0.2, -0.15) is 0 Å². The molecule has 0 radical (unpaired) electrons. The number of rotatable bonds is 4. The van der Waals surface area contributed by atoms with E-state index in [1.165, 1.54) is 18.4 Å². The number of halogens is 1. The molecule has 6 heteroatoms. The molecule has 1 aromatic carbocycles. The third-order valence-corrected chi connectivity index (χ3v) is 5.58. The minimum atomic E-state index is -3.05. The third-order valence-electron chi connectivity index (χ3n) is 3.94. The van der Waals surface area contributed by atoms with Crippen molar-refractivity contribution < 1.29 is 17.5 Å². The van der Waals surface area contributed by atoms with E-state index in [-0.39, 0.29) is 23.2 Å². The van der Waals surface area contributed by atoms with Gasteiger partial charge in [-0.3, -0.25) is 0 Å². The highest BCUT2D eigenvalue weighted by molar-refractivity contribution is 7.91. The fourth-order valence-corrected chi connectivity index (χ4v) is 3.92. The van der Waals surface area contributed by atoms with E-state index in [9.17, 15) is 12.8 Å². The Morgan fingerprint density at radius 1 is 1.38 bits per heavy atom. The molecule has 2 N–H and O–H groups in total. The van der Waals surface area contributed by atoms with Crippen molar-refractivity contribution in [2.24, 2.45) is 5.73 Å². The molecular formula is C15H22FNO3S. The lowest BCUT2D eigenvalue weighted by atomic mass is 9.97. The van der Waals surface area contributed by atoms with Gasteiger partial charge < -0.3 is 10.5 Å². The van der Waals surface area contributed by atoms with Crippen molar-refractivity contribution in [3.8, 4) is 5.75 Å². The molecule has 0 heterocycles. The second-order valence-corrected chi connectivity index (χ2v) is 8.15. The van der Waals surface area contributed by atoms with Gasteiger partial charge in [0.1, 0.15) is 21.4 Å². The first kappa shape index (κ1) is 16.2. The van der Waals surface area contributed by atoms with Gasteiger partial charge in [-0.25, -0.2) is 12.8 Å². The Kier molecular flexibility index (Phi) is 4.88. The molecule has 4 nitrogen and oxygen atoms in total. The molecule has 1 aliphatic carbocycles. The van der Waals surface area contributed by atoms with E-state index in [0.29, 0.717) is 24.2 Å². The topological polar surface area (TPSA) is 69.4 Å². The summed E-state index contributed by atoms with van der Waals surface area (Å²) in [5.74, 6) is 0.192. The maximum atomic E-state index is 13.3. The van der Waals surface area contributed by atoms with Crippen LogP contribution in [0.4, 0.5) is 4.39 Å². The second kappa shape index (κ2) is 6.32. The Morgan fingerprint density at radius 3 is 2.71 bits per heavy atom. The van der Waals surface area contributed by atoms with Crippen LogP contribution in [0.5, 0.6) is 5.75 Å². The highest BCUT2D eigenvalue weighted by Gasteiger charge is 2.30. The van der Waals surface area contributed by atoms with E-state index in [1.54, 1.807) is 13.0 Å². The summed E-state index contributed by atoms with van der Waals surface area (Å²) in [6, 6.07) is 3.93. The molecular weight excluding hydrogens is 293 g/mol. The fourth-order valence-electron chi connectivity index (χ4n) is 2.76. The van der Waals surface area contributed by atoms with Crippen LogP contribution in [-0.2, 0) is 9.84 Å². The van der Waals surface area contributed by atoms with E-state index < -0.39 is 9.84 Å². The lowest BCUT2D eigenvalue weighted by Gasteiger charge is -2.29. The van der Waals surface area contributed by atoms with Crippen molar-refractivity contribution in [1.29, 1.82) is 0 Å². The molecule has 0 saturated heterocycles. The number of hydrogen-bond donors (Lipinski definition) is 1. The predicted molar refractivity (Wildman–Crippen MR) is 80.5 cm³/mol. The van der Waals surface area contributed by atoms with E-state index in [0.717, 1.165) is 12.8 Å². The summed E-state index contributed by atoms with van der Waals surface area (Å²) in [4.78, 5) is 0. The normalized spacial score (nSPS) is 24.6. The molecule has 1 aromatic rings. The zero-order chi connectivity index (χ0) is 15.6. The van der Waals surface area contributed by atoms with Gasteiger partial charge >= 0.3 is 0 Å². The van der Waals surface area contributed by atoms with Gasteiger partial charge in [0.15, 0.2) is 0 Å².